The van der Waals surface area contributed by atoms with E-state index in [4.69, 9.17) is 0 Å². The molecule has 1 aromatic rings. The zero-order valence-electron chi connectivity index (χ0n) is 16.4. The monoisotopic (exact) mass is 485 g/mol. The summed E-state index contributed by atoms with van der Waals surface area (Å²) in [5, 5.41) is 9.39. The summed E-state index contributed by atoms with van der Waals surface area (Å²) in [5.41, 5.74) is 2.43. The average molecular weight is 485 g/mol. The molecule has 27 heavy (non-hydrogen) atoms. The van der Waals surface area contributed by atoms with Crippen LogP contribution in [0.15, 0.2) is 34.8 Å². The molecule has 2 rings (SSSR count). The average Bonchev–Trinajstić information content (AvgIpc) is 2.62. The molecule has 0 atom stereocenters. The van der Waals surface area contributed by atoms with Crippen molar-refractivity contribution in [3.63, 3.8) is 0 Å². The number of aromatic nitrogens is 1. The van der Waals surface area contributed by atoms with E-state index in [1.165, 1.54) is 25.7 Å². The highest BCUT2D eigenvalue weighted by molar-refractivity contribution is 14.0. The number of guanidine groups is 1. The van der Waals surface area contributed by atoms with Crippen molar-refractivity contribution in [2.24, 2.45) is 4.99 Å². The van der Waals surface area contributed by atoms with Gasteiger partial charge < -0.3 is 16.0 Å². The fourth-order valence-corrected chi connectivity index (χ4v) is 2.90. The van der Waals surface area contributed by atoms with Gasteiger partial charge in [0.1, 0.15) is 5.82 Å². The Morgan fingerprint density at radius 3 is 2.81 bits per heavy atom. The minimum absolute atomic E-state index is 0. The van der Waals surface area contributed by atoms with E-state index in [1.807, 2.05) is 26.0 Å². The van der Waals surface area contributed by atoms with Crippen LogP contribution in [0.1, 0.15) is 51.1 Å². The number of amides is 1. The molecule has 0 bridgehead atoms. The smallest absolute Gasteiger partial charge is 0.227 e. The summed E-state index contributed by atoms with van der Waals surface area (Å²) in [4.78, 5) is 20.8. The Balaban J connectivity index is 0.00000364. The van der Waals surface area contributed by atoms with Crippen LogP contribution in [0.2, 0.25) is 0 Å². The Bertz CT molecular complexity index is 645. The minimum atomic E-state index is -0.0740. The van der Waals surface area contributed by atoms with E-state index < -0.39 is 0 Å². The molecular formula is C20H32IN5O. The predicted octanol–water partition coefficient (Wildman–Crippen LogP) is 3.78. The van der Waals surface area contributed by atoms with Gasteiger partial charge in [-0.25, -0.2) is 4.98 Å². The molecule has 0 saturated heterocycles. The summed E-state index contributed by atoms with van der Waals surface area (Å²) in [6.07, 6.45) is 8.84. The summed E-state index contributed by atoms with van der Waals surface area (Å²) in [6.45, 7) is 6.05. The third kappa shape index (κ3) is 9.74. The Morgan fingerprint density at radius 1 is 1.26 bits per heavy atom. The number of carbonyl (C=O) groups excluding carboxylic acids is 1. The van der Waals surface area contributed by atoms with Gasteiger partial charge >= 0.3 is 0 Å². The Hall–Kier alpha value is -1.64. The topological polar surface area (TPSA) is 78.4 Å². The van der Waals surface area contributed by atoms with Crippen LogP contribution in [-0.2, 0) is 4.79 Å². The molecule has 0 fully saturated rings. The summed E-state index contributed by atoms with van der Waals surface area (Å²) < 4.78 is 0. The SMILES string of the molecule is CCNC(=NCCC(=O)Nc1cccc(C)n1)NCCC1=CCCCC1.I. The number of anilines is 1. The number of hydrogen-bond acceptors (Lipinski definition) is 3. The Kier molecular flexibility index (Phi) is 11.7. The highest BCUT2D eigenvalue weighted by Gasteiger charge is 2.05. The second kappa shape index (κ2) is 13.5. The minimum Gasteiger partial charge on any atom is -0.357 e. The van der Waals surface area contributed by atoms with Gasteiger partial charge in [-0.3, -0.25) is 9.79 Å². The van der Waals surface area contributed by atoms with Gasteiger partial charge in [0.25, 0.3) is 0 Å². The lowest BCUT2D eigenvalue weighted by molar-refractivity contribution is -0.116. The Labute approximate surface area is 179 Å². The molecule has 0 aliphatic heterocycles. The zero-order valence-corrected chi connectivity index (χ0v) is 18.7. The van der Waals surface area contributed by atoms with E-state index in [1.54, 1.807) is 11.6 Å². The van der Waals surface area contributed by atoms with Gasteiger partial charge in [-0.1, -0.05) is 17.7 Å². The zero-order chi connectivity index (χ0) is 18.6. The van der Waals surface area contributed by atoms with Crippen LogP contribution in [-0.4, -0.2) is 36.5 Å². The molecule has 0 radical (unpaired) electrons. The molecule has 1 aliphatic carbocycles. The van der Waals surface area contributed by atoms with E-state index in [2.05, 4.69) is 32.0 Å². The van der Waals surface area contributed by atoms with Gasteiger partial charge in [-0.2, -0.15) is 0 Å². The molecule has 7 heteroatoms. The van der Waals surface area contributed by atoms with Crippen molar-refractivity contribution in [1.82, 2.24) is 15.6 Å². The molecule has 0 unspecified atom stereocenters. The van der Waals surface area contributed by atoms with E-state index in [0.717, 1.165) is 31.2 Å². The van der Waals surface area contributed by atoms with Gasteiger partial charge in [0, 0.05) is 25.2 Å². The number of nitrogens with one attached hydrogen (secondary N) is 3. The molecule has 0 aromatic carbocycles. The first-order valence-electron chi connectivity index (χ1n) is 9.61. The fraction of sp³-hybridized carbons (Fsp3) is 0.550. The quantitative estimate of drug-likeness (QED) is 0.227. The van der Waals surface area contributed by atoms with E-state index >= 15 is 0 Å². The largest absolute Gasteiger partial charge is 0.357 e. The van der Waals surface area contributed by atoms with Crippen molar-refractivity contribution < 1.29 is 4.79 Å². The lowest BCUT2D eigenvalue weighted by Crippen LogP contribution is -2.38. The van der Waals surface area contributed by atoms with Crippen LogP contribution in [0.25, 0.3) is 0 Å². The second-order valence-corrected chi connectivity index (χ2v) is 6.51. The first kappa shape index (κ1) is 23.4. The maximum atomic E-state index is 12.0. The third-order valence-corrected chi connectivity index (χ3v) is 4.23. The molecule has 6 nitrogen and oxygen atoms in total. The van der Waals surface area contributed by atoms with Crippen molar-refractivity contribution >= 4 is 41.7 Å². The van der Waals surface area contributed by atoms with Crippen molar-refractivity contribution in [2.45, 2.75) is 52.4 Å². The fourth-order valence-electron chi connectivity index (χ4n) is 2.90. The highest BCUT2D eigenvalue weighted by Crippen LogP contribution is 2.19. The van der Waals surface area contributed by atoms with Crippen LogP contribution in [0.3, 0.4) is 0 Å². The summed E-state index contributed by atoms with van der Waals surface area (Å²) >= 11 is 0. The molecule has 0 saturated carbocycles. The normalized spacial score (nSPS) is 14.0. The van der Waals surface area contributed by atoms with Gasteiger partial charge in [0.15, 0.2) is 5.96 Å². The molecule has 0 spiro atoms. The summed E-state index contributed by atoms with van der Waals surface area (Å²) in [6, 6.07) is 5.57. The summed E-state index contributed by atoms with van der Waals surface area (Å²) in [7, 11) is 0. The molecule has 1 heterocycles. The molecule has 1 aromatic heterocycles. The van der Waals surface area contributed by atoms with Crippen LogP contribution < -0.4 is 16.0 Å². The van der Waals surface area contributed by atoms with Gasteiger partial charge in [0.2, 0.25) is 5.91 Å². The lowest BCUT2D eigenvalue weighted by atomic mass is 9.97. The van der Waals surface area contributed by atoms with Gasteiger partial charge in [-0.15, -0.1) is 24.0 Å². The van der Waals surface area contributed by atoms with Crippen LogP contribution in [0, 0.1) is 6.92 Å². The number of pyridine rings is 1. The van der Waals surface area contributed by atoms with Crippen molar-refractivity contribution in [1.29, 1.82) is 0 Å². The molecular weight excluding hydrogens is 453 g/mol. The Morgan fingerprint density at radius 2 is 2.11 bits per heavy atom. The van der Waals surface area contributed by atoms with E-state index in [9.17, 15) is 4.79 Å². The standard InChI is InChI=1S/C20H31N5O.HI/c1-3-21-20(22-14-12-17-9-5-4-6-10-17)23-15-13-19(26)25-18-11-7-8-16(2)24-18;/h7-9,11H,3-6,10,12-15H2,1-2H3,(H2,21,22,23)(H,24,25,26);1H. The highest BCUT2D eigenvalue weighted by atomic mass is 127. The molecule has 150 valence electrons. The van der Waals surface area contributed by atoms with Crippen molar-refractivity contribution in [2.75, 3.05) is 25.0 Å². The molecule has 1 aliphatic rings. The number of nitrogens with zero attached hydrogens (tertiary/aromatic N) is 2. The van der Waals surface area contributed by atoms with E-state index in [-0.39, 0.29) is 29.9 Å². The maximum absolute atomic E-state index is 12.0. The third-order valence-electron chi connectivity index (χ3n) is 4.23. The molecule has 1 amide bonds. The number of aliphatic imine (C=N–C) groups is 1. The van der Waals surface area contributed by atoms with Gasteiger partial charge in [-0.05, 0) is 58.1 Å². The van der Waals surface area contributed by atoms with Crippen molar-refractivity contribution in [3.8, 4) is 0 Å². The second-order valence-electron chi connectivity index (χ2n) is 6.51. The van der Waals surface area contributed by atoms with Crippen LogP contribution in [0.5, 0.6) is 0 Å². The first-order valence-corrected chi connectivity index (χ1v) is 9.61. The van der Waals surface area contributed by atoms with E-state index in [0.29, 0.717) is 18.8 Å². The predicted molar refractivity (Wildman–Crippen MR) is 123 cm³/mol. The number of halogens is 1. The van der Waals surface area contributed by atoms with Crippen molar-refractivity contribution in [3.05, 3.63) is 35.5 Å². The first-order chi connectivity index (χ1) is 12.7. The van der Waals surface area contributed by atoms with Crippen LogP contribution >= 0.6 is 24.0 Å². The molecule has 3 N–H and O–H groups in total. The number of allylic oxidation sites excluding steroid dienone is 1. The number of hydrogen-bond donors (Lipinski definition) is 3. The number of rotatable bonds is 8. The maximum Gasteiger partial charge on any atom is 0.227 e. The summed E-state index contributed by atoms with van der Waals surface area (Å²) in [5.74, 6) is 1.28. The number of carbonyl (C=O) groups is 1. The lowest BCUT2D eigenvalue weighted by Gasteiger charge is -2.15. The van der Waals surface area contributed by atoms with Crippen LogP contribution in [0.4, 0.5) is 5.82 Å². The van der Waals surface area contributed by atoms with Gasteiger partial charge in [0.05, 0.1) is 6.54 Å². The number of aryl methyl sites for hydroxylation is 1.